The van der Waals surface area contributed by atoms with Crippen molar-refractivity contribution in [2.45, 2.75) is 41.0 Å². The number of ether oxygens (including phenoxy) is 3. The summed E-state index contributed by atoms with van der Waals surface area (Å²) in [6.07, 6.45) is 0.246. The minimum atomic E-state index is -0.229. The van der Waals surface area contributed by atoms with Gasteiger partial charge in [0.1, 0.15) is 0 Å². The highest BCUT2D eigenvalue weighted by atomic mass is 16.5. The van der Waals surface area contributed by atoms with Crippen LogP contribution in [0.2, 0.25) is 0 Å². The third-order valence-corrected chi connectivity index (χ3v) is 2.81. The number of esters is 1. The minimum absolute atomic E-state index is 0.229. The van der Waals surface area contributed by atoms with Crippen LogP contribution in [0, 0.1) is 11.8 Å². The molecule has 0 N–H and O–H groups in total. The summed E-state index contributed by atoms with van der Waals surface area (Å²) in [4.78, 5) is 11.6. The highest BCUT2D eigenvalue weighted by molar-refractivity contribution is 5.72. The summed E-state index contributed by atoms with van der Waals surface area (Å²) in [6.45, 7) is 11.8. The maximum atomic E-state index is 11.6. The number of carbonyl (C=O) groups is 1. The van der Waals surface area contributed by atoms with Gasteiger partial charge in [-0.1, -0.05) is 33.8 Å². The Balaban J connectivity index is 2.84. The van der Waals surface area contributed by atoms with E-state index in [1.165, 1.54) is 0 Å². The average Bonchev–Trinajstić information content (AvgIpc) is 2.44. The summed E-state index contributed by atoms with van der Waals surface area (Å²) in [5.74, 6) is 2.05. The van der Waals surface area contributed by atoms with Gasteiger partial charge in [0.15, 0.2) is 11.5 Å². The van der Waals surface area contributed by atoms with E-state index in [0.717, 1.165) is 11.3 Å². The van der Waals surface area contributed by atoms with Crippen LogP contribution < -0.4 is 9.47 Å². The quantitative estimate of drug-likeness (QED) is 0.650. The molecule has 0 aliphatic carbocycles. The number of carbonyl (C=O) groups excluding carboxylic acids is 1. The lowest BCUT2D eigenvalue weighted by molar-refractivity contribution is -0.142. The molecule has 0 radical (unpaired) electrons. The SMILES string of the molecule is CCOC(=O)Cc1ccc(OCC(C)C)c(OCC(C)C)c1. The van der Waals surface area contributed by atoms with Crippen LogP contribution in [0.3, 0.4) is 0 Å². The van der Waals surface area contributed by atoms with Crippen LogP contribution in [0.25, 0.3) is 0 Å². The molecule has 4 nitrogen and oxygen atoms in total. The van der Waals surface area contributed by atoms with Crippen LogP contribution in [0.5, 0.6) is 11.5 Å². The maximum Gasteiger partial charge on any atom is 0.310 e. The van der Waals surface area contributed by atoms with Crippen molar-refractivity contribution in [2.24, 2.45) is 11.8 Å². The molecule has 0 unspecified atom stereocenters. The van der Waals surface area contributed by atoms with Crippen molar-refractivity contribution in [1.29, 1.82) is 0 Å². The first-order valence-corrected chi connectivity index (χ1v) is 7.96. The van der Waals surface area contributed by atoms with Crippen molar-refractivity contribution in [3.63, 3.8) is 0 Å². The van der Waals surface area contributed by atoms with E-state index in [1.54, 1.807) is 6.92 Å². The smallest absolute Gasteiger partial charge is 0.310 e. The predicted octanol–water partition coefficient (Wildman–Crippen LogP) is 3.86. The van der Waals surface area contributed by atoms with Gasteiger partial charge in [0.05, 0.1) is 26.2 Å². The van der Waals surface area contributed by atoms with Crippen molar-refractivity contribution in [3.8, 4) is 11.5 Å². The molecule has 0 spiro atoms. The Kier molecular flexibility index (Phi) is 7.78. The van der Waals surface area contributed by atoms with Gasteiger partial charge in [0, 0.05) is 0 Å². The molecule has 4 heteroatoms. The van der Waals surface area contributed by atoms with Gasteiger partial charge >= 0.3 is 5.97 Å². The molecule has 1 aromatic rings. The summed E-state index contributed by atoms with van der Waals surface area (Å²) in [7, 11) is 0. The zero-order valence-electron chi connectivity index (χ0n) is 14.3. The number of hydrogen-bond donors (Lipinski definition) is 0. The van der Waals surface area contributed by atoms with E-state index in [9.17, 15) is 4.79 Å². The van der Waals surface area contributed by atoms with Gasteiger partial charge in [-0.15, -0.1) is 0 Å². The monoisotopic (exact) mass is 308 g/mol. The van der Waals surface area contributed by atoms with Gasteiger partial charge in [-0.3, -0.25) is 4.79 Å². The molecule has 1 aromatic carbocycles. The largest absolute Gasteiger partial charge is 0.489 e. The third kappa shape index (κ3) is 6.83. The van der Waals surface area contributed by atoms with Crippen LogP contribution in [0.15, 0.2) is 18.2 Å². The van der Waals surface area contributed by atoms with Crippen LogP contribution in [0.1, 0.15) is 40.2 Å². The van der Waals surface area contributed by atoms with E-state index in [1.807, 2.05) is 18.2 Å². The second-order valence-corrected chi connectivity index (χ2v) is 6.17. The van der Waals surface area contributed by atoms with Crippen molar-refractivity contribution < 1.29 is 19.0 Å². The molecule has 0 aromatic heterocycles. The van der Waals surface area contributed by atoms with Gasteiger partial charge in [-0.2, -0.15) is 0 Å². The Morgan fingerprint density at radius 1 is 1.00 bits per heavy atom. The number of hydrogen-bond acceptors (Lipinski definition) is 4. The van der Waals surface area contributed by atoms with E-state index in [4.69, 9.17) is 14.2 Å². The molecule has 0 heterocycles. The molecular formula is C18H28O4. The fraction of sp³-hybridized carbons (Fsp3) is 0.611. The summed E-state index contributed by atoms with van der Waals surface area (Å²) in [5, 5.41) is 0. The molecule has 22 heavy (non-hydrogen) atoms. The Hall–Kier alpha value is -1.71. The van der Waals surface area contributed by atoms with Gasteiger partial charge in [-0.05, 0) is 36.5 Å². The highest BCUT2D eigenvalue weighted by Gasteiger charge is 2.11. The first-order valence-electron chi connectivity index (χ1n) is 7.96. The van der Waals surface area contributed by atoms with Gasteiger partial charge in [0.25, 0.3) is 0 Å². The number of benzene rings is 1. The lowest BCUT2D eigenvalue weighted by Crippen LogP contribution is -2.10. The Bertz CT molecular complexity index is 466. The Morgan fingerprint density at radius 3 is 2.14 bits per heavy atom. The molecule has 0 aliphatic rings. The Morgan fingerprint density at radius 2 is 1.59 bits per heavy atom. The van der Waals surface area contributed by atoms with Gasteiger partial charge in [-0.25, -0.2) is 0 Å². The average molecular weight is 308 g/mol. The third-order valence-electron chi connectivity index (χ3n) is 2.81. The second kappa shape index (κ2) is 9.34. The molecule has 1 rings (SSSR count). The first kappa shape index (κ1) is 18.3. The summed E-state index contributed by atoms with van der Waals surface area (Å²) < 4.78 is 16.6. The molecule has 0 fully saturated rings. The standard InChI is InChI=1S/C18H28O4/c1-6-20-18(19)10-15-7-8-16(21-11-13(2)3)17(9-15)22-12-14(4)5/h7-9,13-14H,6,10-12H2,1-5H3. The van der Waals surface area contributed by atoms with Crippen molar-refractivity contribution in [1.82, 2.24) is 0 Å². The lowest BCUT2D eigenvalue weighted by atomic mass is 10.1. The zero-order valence-corrected chi connectivity index (χ0v) is 14.3. The molecule has 0 aliphatic heterocycles. The van der Waals surface area contributed by atoms with E-state index >= 15 is 0 Å². The summed E-state index contributed by atoms with van der Waals surface area (Å²) >= 11 is 0. The van der Waals surface area contributed by atoms with Gasteiger partial charge in [0.2, 0.25) is 0 Å². The molecule has 0 saturated heterocycles. The van der Waals surface area contributed by atoms with E-state index < -0.39 is 0 Å². The van der Waals surface area contributed by atoms with Crippen LogP contribution in [0.4, 0.5) is 0 Å². The predicted molar refractivity (Wildman–Crippen MR) is 87.4 cm³/mol. The lowest BCUT2D eigenvalue weighted by Gasteiger charge is -2.16. The highest BCUT2D eigenvalue weighted by Crippen LogP contribution is 2.29. The zero-order chi connectivity index (χ0) is 16.5. The molecule has 0 saturated carbocycles. The fourth-order valence-electron chi connectivity index (χ4n) is 1.79. The summed E-state index contributed by atoms with van der Waals surface area (Å²) in [5.41, 5.74) is 0.870. The molecule has 124 valence electrons. The summed E-state index contributed by atoms with van der Waals surface area (Å²) in [6, 6.07) is 5.62. The normalized spacial score (nSPS) is 10.9. The van der Waals surface area contributed by atoms with E-state index in [0.29, 0.717) is 37.4 Å². The molecular weight excluding hydrogens is 280 g/mol. The fourth-order valence-corrected chi connectivity index (χ4v) is 1.79. The van der Waals surface area contributed by atoms with Crippen LogP contribution in [-0.4, -0.2) is 25.8 Å². The van der Waals surface area contributed by atoms with Crippen molar-refractivity contribution in [3.05, 3.63) is 23.8 Å². The molecule has 0 amide bonds. The van der Waals surface area contributed by atoms with E-state index in [2.05, 4.69) is 27.7 Å². The topological polar surface area (TPSA) is 44.8 Å². The van der Waals surface area contributed by atoms with Crippen LogP contribution in [-0.2, 0) is 16.0 Å². The maximum absolute atomic E-state index is 11.6. The van der Waals surface area contributed by atoms with Crippen molar-refractivity contribution >= 4 is 5.97 Å². The minimum Gasteiger partial charge on any atom is -0.489 e. The second-order valence-electron chi connectivity index (χ2n) is 6.17. The molecule has 0 bridgehead atoms. The van der Waals surface area contributed by atoms with Crippen molar-refractivity contribution in [2.75, 3.05) is 19.8 Å². The first-order chi connectivity index (χ1) is 10.4. The van der Waals surface area contributed by atoms with Gasteiger partial charge < -0.3 is 14.2 Å². The van der Waals surface area contributed by atoms with E-state index in [-0.39, 0.29) is 12.4 Å². The van der Waals surface area contributed by atoms with Crippen LogP contribution >= 0.6 is 0 Å². The molecule has 0 atom stereocenters. The number of rotatable bonds is 9. The Labute approximate surface area is 133 Å².